The van der Waals surface area contributed by atoms with Crippen molar-refractivity contribution in [3.63, 3.8) is 0 Å². The second-order valence-electron chi connectivity index (χ2n) is 6.58. The van der Waals surface area contributed by atoms with Gasteiger partial charge in [0.05, 0.1) is 18.1 Å². The van der Waals surface area contributed by atoms with Crippen LogP contribution < -0.4 is 4.74 Å². The summed E-state index contributed by atoms with van der Waals surface area (Å²) < 4.78 is 11.3. The molecule has 2 aliphatic heterocycles. The van der Waals surface area contributed by atoms with Crippen LogP contribution in [-0.4, -0.2) is 44.4 Å². The maximum Gasteiger partial charge on any atom is 0.119 e. The monoisotopic (exact) mass is 314 g/mol. The van der Waals surface area contributed by atoms with Crippen LogP contribution in [0.25, 0.3) is 0 Å². The molecule has 0 aromatic heterocycles. The third-order valence-corrected chi connectivity index (χ3v) is 5.03. The van der Waals surface area contributed by atoms with E-state index >= 15 is 0 Å². The largest absolute Gasteiger partial charge is 0.494 e. The first-order chi connectivity index (χ1) is 11.3. The minimum Gasteiger partial charge on any atom is -0.494 e. The van der Waals surface area contributed by atoms with Crippen LogP contribution in [0.1, 0.15) is 37.7 Å². The van der Waals surface area contributed by atoms with Gasteiger partial charge in [0.25, 0.3) is 0 Å². The molecular formula is C19H26N2O2. The van der Waals surface area contributed by atoms with Gasteiger partial charge in [-0.05, 0) is 62.9 Å². The molecule has 2 aliphatic rings. The van der Waals surface area contributed by atoms with Crippen molar-refractivity contribution >= 4 is 0 Å². The van der Waals surface area contributed by atoms with Gasteiger partial charge in [-0.25, -0.2) is 0 Å². The number of nitriles is 1. The SMILES string of the molecule is N#CC1(c2cccc(OCCCN3CCCC3)c2)CCOCC1. The molecule has 1 aromatic carbocycles. The van der Waals surface area contributed by atoms with Gasteiger partial charge in [-0.1, -0.05) is 12.1 Å². The maximum absolute atomic E-state index is 9.67. The van der Waals surface area contributed by atoms with Crippen molar-refractivity contribution < 1.29 is 9.47 Å². The zero-order chi connectivity index (χ0) is 16.0. The average molecular weight is 314 g/mol. The third kappa shape index (κ3) is 4.04. The van der Waals surface area contributed by atoms with Crippen molar-refractivity contribution in [1.29, 1.82) is 5.26 Å². The van der Waals surface area contributed by atoms with Crippen LogP contribution in [0.5, 0.6) is 5.75 Å². The molecule has 4 nitrogen and oxygen atoms in total. The van der Waals surface area contributed by atoms with Crippen molar-refractivity contribution in [3.05, 3.63) is 29.8 Å². The minimum absolute atomic E-state index is 0.410. The topological polar surface area (TPSA) is 45.5 Å². The Morgan fingerprint density at radius 2 is 2.00 bits per heavy atom. The molecule has 2 fully saturated rings. The summed E-state index contributed by atoms with van der Waals surface area (Å²) >= 11 is 0. The van der Waals surface area contributed by atoms with Crippen LogP contribution in [-0.2, 0) is 10.2 Å². The molecule has 0 N–H and O–H groups in total. The summed E-state index contributed by atoms with van der Waals surface area (Å²) in [6.45, 7) is 5.66. The Morgan fingerprint density at radius 1 is 1.22 bits per heavy atom. The summed E-state index contributed by atoms with van der Waals surface area (Å²) in [5.41, 5.74) is 0.660. The van der Waals surface area contributed by atoms with Gasteiger partial charge in [0, 0.05) is 19.8 Å². The van der Waals surface area contributed by atoms with E-state index in [0.717, 1.165) is 43.7 Å². The van der Waals surface area contributed by atoms with Gasteiger partial charge in [-0.2, -0.15) is 5.26 Å². The molecule has 0 saturated carbocycles. The first-order valence-electron chi connectivity index (χ1n) is 8.77. The Hall–Kier alpha value is -1.57. The van der Waals surface area contributed by atoms with E-state index in [0.29, 0.717) is 13.2 Å². The van der Waals surface area contributed by atoms with Gasteiger partial charge in [0.15, 0.2) is 0 Å². The highest BCUT2D eigenvalue weighted by Crippen LogP contribution is 2.35. The standard InChI is InChI=1S/C19H26N2O2/c20-16-19(7-13-22-14-8-19)17-5-3-6-18(15-17)23-12-4-11-21-9-1-2-10-21/h3,5-6,15H,1-2,4,7-14H2. The predicted octanol–water partition coefficient (Wildman–Crippen LogP) is 3.12. The van der Waals surface area contributed by atoms with Crippen molar-refractivity contribution in [2.75, 3.05) is 39.5 Å². The second-order valence-corrected chi connectivity index (χ2v) is 6.58. The van der Waals surface area contributed by atoms with Gasteiger partial charge in [-0.15, -0.1) is 0 Å². The summed E-state index contributed by atoms with van der Waals surface area (Å²) in [7, 11) is 0. The zero-order valence-electron chi connectivity index (χ0n) is 13.8. The van der Waals surface area contributed by atoms with Crippen molar-refractivity contribution in [2.24, 2.45) is 0 Å². The highest BCUT2D eigenvalue weighted by Gasteiger charge is 2.34. The average Bonchev–Trinajstić information content (AvgIpc) is 3.13. The zero-order valence-corrected chi connectivity index (χ0v) is 13.8. The van der Waals surface area contributed by atoms with E-state index in [1.807, 2.05) is 24.3 Å². The van der Waals surface area contributed by atoms with E-state index in [1.165, 1.54) is 25.9 Å². The summed E-state index contributed by atoms with van der Waals surface area (Å²) in [6, 6.07) is 10.6. The fourth-order valence-electron chi connectivity index (χ4n) is 3.55. The van der Waals surface area contributed by atoms with E-state index in [-0.39, 0.29) is 0 Å². The number of nitrogens with zero attached hydrogens (tertiary/aromatic N) is 2. The summed E-state index contributed by atoms with van der Waals surface area (Å²) in [5.74, 6) is 0.880. The highest BCUT2D eigenvalue weighted by molar-refractivity contribution is 5.38. The Labute approximate surface area is 139 Å². The Balaban J connectivity index is 1.55. The third-order valence-electron chi connectivity index (χ3n) is 5.03. The summed E-state index contributed by atoms with van der Waals surface area (Å²) in [6.07, 6.45) is 5.26. The molecule has 0 radical (unpaired) electrons. The van der Waals surface area contributed by atoms with E-state index in [1.54, 1.807) is 0 Å². The Bertz CT molecular complexity index is 541. The van der Waals surface area contributed by atoms with Crippen LogP contribution in [0.2, 0.25) is 0 Å². The molecule has 0 bridgehead atoms. The summed E-state index contributed by atoms with van der Waals surface area (Å²) in [4.78, 5) is 2.51. The molecular weight excluding hydrogens is 288 g/mol. The van der Waals surface area contributed by atoms with E-state index in [4.69, 9.17) is 9.47 Å². The van der Waals surface area contributed by atoms with Crippen LogP contribution in [0.15, 0.2) is 24.3 Å². The first kappa shape index (κ1) is 16.3. The number of benzene rings is 1. The number of rotatable bonds is 6. The molecule has 0 spiro atoms. The molecule has 1 aromatic rings. The van der Waals surface area contributed by atoms with Crippen LogP contribution >= 0.6 is 0 Å². The lowest BCUT2D eigenvalue weighted by Gasteiger charge is -2.31. The van der Waals surface area contributed by atoms with Crippen molar-refractivity contribution in [2.45, 2.75) is 37.5 Å². The van der Waals surface area contributed by atoms with Crippen LogP contribution in [0.4, 0.5) is 0 Å². The van der Waals surface area contributed by atoms with Gasteiger partial charge < -0.3 is 14.4 Å². The van der Waals surface area contributed by atoms with E-state index in [2.05, 4.69) is 11.0 Å². The van der Waals surface area contributed by atoms with Gasteiger partial charge >= 0.3 is 0 Å². The lowest BCUT2D eigenvalue weighted by Crippen LogP contribution is -2.32. The van der Waals surface area contributed by atoms with E-state index < -0.39 is 5.41 Å². The molecule has 23 heavy (non-hydrogen) atoms. The predicted molar refractivity (Wildman–Crippen MR) is 89.6 cm³/mol. The summed E-state index contributed by atoms with van der Waals surface area (Å²) in [5, 5.41) is 9.67. The number of hydrogen-bond acceptors (Lipinski definition) is 4. The Kier molecular flexibility index (Phi) is 5.53. The number of ether oxygens (including phenoxy) is 2. The normalized spacial score (nSPS) is 21.0. The van der Waals surface area contributed by atoms with Crippen LogP contribution in [0, 0.1) is 11.3 Å². The smallest absolute Gasteiger partial charge is 0.119 e. The highest BCUT2D eigenvalue weighted by atomic mass is 16.5. The van der Waals surface area contributed by atoms with Crippen molar-refractivity contribution in [1.82, 2.24) is 4.90 Å². The quantitative estimate of drug-likeness (QED) is 0.757. The lowest BCUT2D eigenvalue weighted by atomic mass is 9.75. The van der Waals surface area contributed by atoms with Crippen molar-refractivity contribution in [3.8, 4) is 11.8 Å². The molecule has 3 rings (SSSR count). The molecule has 0 amide bonds. The molecule has 2 heterocycles. The Morgan fingerprint density at radius 3 is 2.74 bits per heavy atom. The maximum atomic E-state index is 9.67. The minimum atomic E-state index is -0.410. The molecule has 0 atom stereocenters. The van der Waals surface area contributed by atoms with Gasteiger partial charge in [0.1, 0.15) is 5.75 Å². The first-order valence-corrected chi connectivity index (χ1v) is 8.77. The molecule has 4 heteroatoms. The molecule has 124 valence electrons. The fourth-order valence-corrected chi connectivity index (χ4v) is 3.55. The van der Waals surface area contributed by atoms with Gasteiger partial charge in [0.2, 0.25) is 0 Å². The lowest BCUT2D eigenvalue weighted by molar-refractivity contribution is 0.0674. The molecule has 0 aliphatic carbocycles. The fraction of sp³-hybridized carbons (Fsp3) is 0.632. The van der Waals surface area contributed by atoms with E-state index in [9.17, 15) is 5.26 Å². The second kappa shape index (κ2) is 7.81. The number of hydrogen-bond donors (Lipinski definition) is 0. The number of likely N-dealkylation sites (tertiary alicyclic amines) is 1. The molecule has 0 unspecified atom stereocenters. The molecule has 2 saturated heterocycles. The van der Waals surface area contributed by atoms with Gasteiger partial charge in [-0.3, -0.25) is 0 Å². The van der Waals surface area contributed by atoms with Crippen LogP contribution in [0.3, 0.4) is 0 Å².